The highest BCUT2D eigenvalue weighted by Crippen LogP contribution is 2.36. The van der Waals surface area contributed by atoms with Crippen molar-refractivity contribution in [3.63, 3.8) is 0 Å². The Labute approximate surface area is 214 Å². The van der Waals surface area contributed by atoms with E-state index < -0.39 is 6.10 Å². The molecule has 0 aliphatic rings. The second-order valence-electron chi connectivity index (χ2n) is 9.67. The predicted molar refractivity (Wildman–Crippen MR) is 140 cm³/mol. The van der Waals surface area contributed by atoms with Crippen LogP contribution in [0, 0.1) is 6.92 Å². The van der Waals surface area contributed by atoms with Gasteiger partial charge in [-0.25, -0.2) is 4.68 Å². The van der Waals surface area contributed by atoms with Crippen LogP contribution in [0.15, 0.2) is 54.6 Å². The Hall–Kier alpha value is -2.91. The molecule has 0 radical (unpaired) electrons. The molecule has 8 nitrogen and oxygen atoms in total. The van der Waals surface area contributed by atoms with E-state index in [2.05, 4.69) is 4.90 Å². The van der Waals surface area contributed by atoms with Gasteiger partial charge < -0.3 is 24.1 Å². The highest BCUT2D eigenvalue weighted by Gasteiger charge is 2.24. The molecule has 0 aliphatic carbocycles. The number of hydrogen-bond donors (Lipinski definition) is 1. The van der Waals surface area contributed by atoms with Crippen molar-refractivity contribution >= 4 is 0 Å². The molecule has 0 bridgehead atoms. The van der Waals surface area contributed by atoms with Crippen LogP contribution in [-0.4, -0.2) is 72.0 Å². The maximum absolute atomic E-state index is 10.7. The maximum Gasteiger partial charge on any atom is 0.227 e. The van der Waals surface area contributed by atoms with Gasteiger partial charge in [-0.3, -0.25) is 4.90 Å². The zero-order chi connectivity index (χ0) is 26.1. The fraction of sp³-hybridized carbons (Fsp3) is 0.464. The molecular weight excluding hydrogens is 458 g/mol. The molecule has 3 rings (SSSR count). The van der Waals surface area contributed by atoms with Crippen molar-refractivity contribution in [2.75, 3.05) is 40.5 Å². The lowest BCUT2D eigenvalue weighted by Crippen LogP contribution is -2.38. The second kappa shape index (κ2) is 12.9. The van der Waals surface area contributed by atoms with Gasteiger partial charge in [-0.2, -0.15) is 5.10 Å². The molecule has 0 spiro atoms. The van der Waals surface area contributed by atoms with Crippen LogP contribution in [0.1, 0.15) is 32.0 Å². The number of rotatable bonds is 13. The van der Waals surface area contributed by atoms with Gasteiger partial charge in [0.2, 0.25) is 5.88 Å². The molecule has 0 saturated carbocycles. The first kappa shape index (κ1) is 27.7. The minimum atomic E-state index is -0.649. The first-order chi connectivity index (χ1) is 17.2. The van der Waals surface area contributed by atoms with Crippen LogP contribution >= 0.6 is 0 Å². The molecule has 196 valence electrons. The van der Waals surface area contributed by atoms with Crippen LogP contribution in [0.4, 0.5) is 0 Å². The van der Waals surface area contributed by atoms with Crippen molar-refractivity contribution in [2.45, 2.75) is 45.9 Å². The van der Waals surface area contributed by atoms with E-state index in [0.29, 0.717) is 43.6 Å². The van der Waals surface area contributed by atoms with Crippen LogP contribution in [0.2, 0.25) is 0 Å². The van der Waals surface area contributed by atoms with Crippen LogP contribution in [-0.2, 0) is 16.0 Å². The largest absolute Gasteiger partial charge is 0.493 e. The maximum atomic E-state index is 10.7. The summed E-state index contributed by atoms with van der Waals surface area (Å²) in [4.78, 5) is 2.13. The average Bonchev–Trinajstić information content (AvgIpc) is 3.16. The van der Waals surface area contributed by atoms with E-state index in [9.17, 15) is 5.11 Å². The summed E-state index contributed by atoms with van der Waals surface area (Å²) in [6, 6.07) is 17.4. The minimum absolute atomic E-state index is 0.250. The Bertz CT molecular complexity index is 1080. The summed E-state index contributed by atoms with van der Waals surface area (Å²) >= 11 is 0. The van der Waals surface area contributed by atoms with Gasteiger partial charge in [0.1, 0.15) is 0 Å². The lowest BCUT2D eigenvalue weighted by Gasteiger charge is -2.27. The van der Waals surface area contributed by atoms with E-state index in [1.165, 1.54) is 0 Å². The van der Waals surface area contributed by atoms with Crippen molar-refractivity contribution in [2.24, 2.45) is 0 Å². The normalized spacial score (nSPS) is 12.7. The summed E-state index contributed by atoms with van der Waals surface area (Å²) < 4.78 is 24.9. The first-order valence-corrected chi connectivity index (χ1v) is 12.2. The van der Waals surface area contributed by atoms with Crippen LogP contribution in [0.5, 0.6) is 17.4 Å². The molecule has 0 amide bonds. The molecule has 0 unspecified atom stereocenters. The van der Waals surface area contributed by atoms with Gasteiger partial charge in [0.15, 0.2) is 11.5 Å². The van der Waals surface area contributed by atoms with E-state index >= 15 is 0 Å². The van der Waals surface area contributed by atoms with Gasteiger partial charge in [0.05, 0.1) is 49.0 Å². The quantitative estimate of drug-likeness (QED) is 0.370. The van der Waals surface area contributed by atoms with Gasteiger partial charge in [0, 0.05) is 26.7 Å². The summed E-state index contributed by atoms with van der Waals surface area (Å²) in [6.45, 7) is 10.2. The SMILES string of the molecule is COCCN(Cc1c(C)nn(-c2ccccc2)c1Oc1ccccc1OC)C[C@@H](O)COC(C)(C)C. The fourth-order valence-electron chi connectivity index (χ4n) is 3.75. The average molecular weight is 498 g/mol. The second-order valence-corrected chi connectivity index (χ2v) is 9.67. The third kappa shape index (κ3) is 7.80. The number of aryl methyl sites for hydroxylation is 1. The minimum Gasteiger partial charge on any atom is -0.493 e. The Morgan fingerprint density at radius 3 is 2.31 bits per heavy atom. The first-order valence-electron chi connectivity index (χ1n) is 12.2. The lowest BCUT2D eigenvalue weighted by molar-refractivity contribution is -0.0577. The van der Waals surface area contributed by atoms with Gasteiger partial charge in [-0.1, -0.05) is 30.3 Å². The van der Waals surface area contributed by atoms with E-state index in [4.69, 9.17) is 24.0 Å². The number of hydrogen-bond acceptors (Lipinski definition) is 7. The standard InChI is InChI=1S/C28H39N3O5/c1-21-24(19-30(16-17-33-5)18-23(32)20-35-28(2,3)4)27(31(29-21)22-12-8-7-9-13-22)36-26-15-11-10-14-25(26)34-6/h7-15,23,32H,16-20H2,1-6H3/t23-/m1/s1. The smallest absolute Gasteiger partial charge is 0.227 e. The van der Waals surface area contributed by atoms with Crippen molar-refractivity contribution in [3.05, 3.63) is 65.9 Å². The Morgan fingerprint density at radius 2 is 1.67 bits per heavy atom. The van der Waals surface area contributed by atoms with Crippen molar-refractivity contribution in [1.82, 2.24) is 14.7 Å². The summed E-state index contributed by atoms with van der Waals surface area (Å²) in [5.74, 6) is 1.83. The highest BCUT2D eigenvalue weighted by molar-refractivity contribution is 5.47. The molecule has 1 heterocycles. The van der Waals surface area contributed by atoms with Crippen LogP contribution in [0.25, 0.3) is 5.69 Å². The molecular formula is C28H39N3O5. The van der Waals surface area contributed by atoms with E-state index in [1.807, 2.05) is 87.0 Å². The molecule has 3 aromatic rings. The molecule has 2 aromatic carbocycles. The Kier molecular flexibility index (Phi) is 9.89. The fourth-order valence-corrected chi connectivity index (χ4v) is 3.75. The van der Waals surface area contributed by atoms with Crippen molar-refractivity contribution in [3.8, 4) is 23.1 Å². The predicted octanol–water partition coefficient (Wildman–Crippen LogP) is 4.61. The Balaban J connectivity index is 1.95. The molecule has 0 fully saturated rings. The third-order valence-corrected chi connectivity index (χ3v) is 5.58. The van der Waals surface area contributed by atoms with Crippen LogP contribution in [0.3, 0.4) is 0 Å². The summed E-state index contributed by atoms with van der Waals surface area (Å²) in [6.07, 6.45) is -0.649. The van der Waals surface area contributed by atoms with E-state index in [1.54, 1.807) is 14.2 Å². The van der Waals surface area contributed by atoms with E-state index in [0.717, 1.165) is 16.9 Å². The molecule has 0 saturated heterocycles. The number of aliphatic hydroxyl groups is 1. The zero-order valence-corrected chi connectivity index (χ0v) is 22.2. The van der Waals surface area contributed by atoms with Crippen molar-refractivity contribution in [1.29, 1.82) is 0 Å². The summed E-state index contributed by atoms with van der Waals surface area (Å²) in [5.41, 5.74) is 2.33. The van der Waals surface area contributed by atoms with Crippen molar-refractivity contribution < 1.29 is 24.1 Å². The summed E-state index contributed by atoms with van der Waals surface area (Å²) in [5, 5.41) is 15.5. The third-order valence-electron chi connectivity index (χ3n) is 5.58. The number of nitrogens with zero attached hydrogens (tertiary/aromatic N) is 3. The van der Waals surface area contributed by atoms with Gasteiger partial charge in [0.25, 0.3) is 0 Å². The molecule has 36 heavy (non-hydrogen) atoms. The molecule has 1 N–H and O–H groups in total. The Morgan fingerprint density at radius 1 is 1.00 bits per heavy atom. The highest BCUT2D eigenvalue weighted by atomic mass is 16.5. The van der Waals surface area contributed by atoms with Gasteiger partial charge in [-0.05, 0) is 52.0 Å². The lowest BCUT2D eigenvalue weighted by atomic mass is 10.2. The monoisotopic (exact) mass is 497 g/mol. The molecule has 0 aliphatic heterocycles. The number of para-hydroxylation sites is 3. The zero-order valence-electron chi connectivity index (χ0n) is 22.2. The van der Waals surface area contributed by atoms with Gasteiger partial charge >= 0.3 is 0 Å². The number of benzene rings is 2. The molecule has 1 atom stereocenters. The van der Waals surface area contributed by atoms with E-state index in [-0.39, 0.29) is 12.2 Å². The summed E-state index contributed by atoms with van der Waals surface area (Å²) in [7, 11) is 3.29. The number of aromatic nitrogens is 2. The number of aliphatic hydroxyl groups excluding tert-OH is 1. The van der Waals surface area contributed by atoms with Gasteiger partial charge in [-0.15, -0.1) is 0 Å². The molecule has 1 aromatic heterocycles. The number of methoxy groups -OCH3 is 2. The molecule has 8 heteroatoms. The topological polar surface area (TPSA) is 78.2 Å². The number of ether oxygens (including phenoxy) is 4. The van der Waals surface area contributed by atoms with Crippen LogP contribution < -0.4 is 9.47 Å².